The Morgan fingerprint density at radius 3 is 2.31 bits per heavy atom. The summed E-state index contributed by atoms with van der Waals surface area (Å²) in [5.41, 5.74) is 2.42. The molecule has 0 spiro atoms. The van der Waals surface area contributed by atoms with Crippen molar-refractivity contribution in [3.63, 3.8) is 0 Å². The fraction of sp³-hybridized carbons (Fsp3) is 0.174. The standard InChI is InChI=1S/C23H22N2O4/c1-16-9-11-18(12-10-16)24-21(26)13-14-23(28)29-15-22(27)25-20-8-4-6-17-5-2-3-7-19(17)20/h2-12H,13-15H2,1H3,(H,24,26)(H,25,27). The zero-order valence-electron chi connectivity index (χ0n) is 16.1. The molecule has 0 aliphatic rings. The second-order valence-corrected chi connectivity index (χ2v) is 6.65. The molecule has 0 bridgehead atoms. The highest BCUT2D eigenvalue weighted by Crippen LogP contribution is 2.22. The van der Waals surface area contributed by atoms with Crippen molar-refractivity contribution in [1.29, 1.82) is 0 Å². The van der Waals surface area contributed by atoms with Crippen molar-refractivity contribution in [2.75, 3.05) is 17.2 Å². The molecular weight excluding hydrogens is 368 g/mol. The van der Waals surface area contributed by atoms with E-state index in [1.165, 1.54) is 0 Å². The van der Waals surface area contributed by atoms with Gasteiger partial charge in [-0.1, -0.05) is 54.1 Å². The van der Waals surface area contributed by atoms with Crippen LogP contribution in [-0.2, 0) is 19.1 Å². The molecular formula is C23H22N2O4. The van der Waals surface area contributed by atoms with Crippen LogP contribution in [0.25, 0.3) is 10.8 Å². The molecule has 2 N–H and O–H groups in total. The molecule has 0 heterocycles. The fourth-order valence-electron chi connectivity index (χ4n) is 2.81. The molecule has 0 saturated carbocycles. The average Bonchev–Trinajstić information content (AvgIpc) is 2.73. The molecule has 6 nitrogen and oxygen atoms in total. The number of rotatable bonds is 7. The van der Waals surface area contributed by atoms with Crippen LogP contribution < -0.4 is 10.6 Å². The lowest BCUT2D eigenvalue weighted by atomic mass is 10.1. The minimum atomic E-state index is -0.600. The highest BCUT2D eigenvalue weighted by atomic mass is 16.5. The van der Waals surface area contributed by atoms with Crippen LogP contribution in [0.2, 0.25) is 0 Å². The van der Waals surface area contributed by atoms with E-state index in [-0.39, 0.29) is 18.7 Å². The van der Waals surface area contributed by atoms with E-state index >= 15 is 0 Å². The lowest BCUT2D eigenvalue weighted by Crippen LogP contribution is -2.22. The molecule has 3 rings (SSSR count). The van der Waals surface area contributed by atoms with E-state index in [0.717, 1.165) is 16.3 Å². The summed E-state index contributed by atoms with van der Waals surface area (Å²) < 4.78 is 4.97. The quantitative estimate of drug-likeness (QED) is 0.596. The first kappa shape index (κ1) is 20.1. The van der Waals surface area contributed by atoms with Crippen LogP contribution in [0.1, 0.15) is 18.4 Å². The molecule has 0 unspecified atom stereocenters. The molecule has 0 aliphatic carbocycles. The van der Waals surface area contributed by atoms with Gasteiger partial charge in [-0.15, -0.1) is 0 Å². The van der Waals surface area contributed by atoms with Crippen LogP contribution in [0.3, 0.4) is 0 Å². The zero-order chi connectivity index (χ0) is 20.6. The van der Waals surface area contributed by atoms with Crippen LogP contribution in [0, 0.1) is 6.92 Å². The van der Waals surface area contributed by atoms with Crippen LogP contribution in [0.4, 0.5) is 11.4 Å². The molecule has 2 amide bonds. The largest absolute Gasteiger partial charge is 0.456 e. The minimum absolute atomic E-state index is 0.0162. The van der Waals surface area contributed by atoms with Gasteiger partial charge in [-0.05, 0) is 30.5 Å². The van der Waals surface area contributed by atoms with Gasteiger partial charge in [0.2, 0.25) is 5.91 Å². The topological polar surface area (TPSA) is 84.5 Å². The predicted octanol–water partition coefficient (Wildman–Crippen LogP) is 4.05. The van der Waals surface area contributed by atoms with Crippen LogP contribution in [-0.4, -0.2) is 24.4 Å². The minimum Gasteiger partial charge on any atom is -0.456 e. The molecule has 29 heavy (non-hydrogen) atoms. The van der Waals surface area contributed by atoms with Crippen molar-refractivity contribution < 1.29 is 19.1 Å². The maximum Gasteiger partial charge on any atom is 0.306 e. The summed E-state index contributed by atoms with van der Waals surface area (Å²) in [5.74, 6) is -1.32. The third-order valence-electron chi connectivity index (χ3n) is 4.32. The van der Waals surface area contributed by atoms with Gasteiger partial charge >= 0.3 is 5.97 Å². The Bertz CT molecular complexity index is 1020. The highest BCUT2D eigenvalue weighted by molar-refractivity contribution is 6.02. The van der Waals surface area contributed by atoms with E-state index in [9.17, 15) is 14.4 Å². The van der Waals surface area contributed by atoms with Crippen LogP contribution in [0.5, 0.6) is 0 Å². The van der Waals surface area contributed by atoms with Crippen molar-refractivity contribution in [2.24, 2.45) is 0 Å². The van der Waals surface area contributed by atoms with E-state index in [1.807, 2.05) is 55.5 Å². The molecule has 0 fully saturated rings. The molecule has 148 valence electrons. The Labute approximate surface area is 168 Å². The summed E-state index contributed by atoms with van der Waals surface area (Å²) in [5, 5.41) is 7.37. The number of amides is 2. The first-order valence-corrected chi connectivity index (χ1v) is 9.31. The van der Waals surface area contributed by atoms with E-state index < -0.39 is 18.5 Å². The molecule has 0 atom stereocenters. The lowest BCUT2D eigenvalue weighted by Gasteiger charge is -2.09. The highest BCUT2D eigenvalue weighted by Gasteiger charge is 2.12. The molecule has 6 heteroatoms. The molecule has 0 saturated heterocycles. The van der Waals surface area contributed by atoms with E-state index in [1.54, 1.807) is 18.2 Å². The number of aryl methyl sites for hydroxylation is 1. The Morgan fingerprint density at radius 1 is 0.793 bits per heavy atom. The third kappa shape index (κ3) is 5.90. The zero-order valence-corrected chi connectivity index (χ0v) is 16.1. The van der Waals surface area contributed by atoms with Crippen LogP contribution >= 0.6 is 0 Å². The van der Waals surface area contributed by atoms with Gasteiger partial charge in [0.05, 0.1) is 6.42 Å². The Hall–Kier alpha value is -3.67. The maximum absolute atomic E-state index is 12.1. The van der Waals surface area contributed by atoms with E-state index in [4.69, 9.17) is 4.74 Å². The molecule has 0 aromatic heterocycles. The third-order valence-corrected chi connectivity index (χ3v) is 4.32. The number of anilines is 2. The van der Waals surface area contributed by atoms with Gasteiger partial charge in [0.15, 0.2) is 6.61 Å². The second kappa shape index (κ2) is 9.50. The molecule has 0 radical (unpaired) electrons. The van der Waals surface area contributed by atoms with Crippen molar-refractivity contribution in [3.8, 4) is 0 Å². The van der Waals surface area contributed by atoms with Gasteiger partial charge in [-0.3, -0.25) is 14.4 Å². The first-order chi connectivity index (χ1) is 14.0. The number of ether oxygens (including phenoxy) is 1. The fourth-order valence-corrected chi connectivity index (χ4v) is 2.81. The monoisotopic (exact) mass is 390 g/mol. The first-order valence-electron chi connectivity index (χ1n) is 9.31. The molecule has 3 aromatic carbocycles. The Morgan fingerprint density at radius 2 is 1.52 bits per heavy atom. The van der Waals surface area contributed by atoms with Crippen molar-refractivity contribution >= 4 is 39.9 Å². The summed E-state index contributed by atoms with van der Waals surface area (Å²) >= 11 is 0. The number of carbonyl (C=O) groups is 3. The molecule has 0 aliphatic heterocycles. The van der Waals surface area contributed by atoms with Crippen molar-refractivity contribution in [1.82, 2.24) is 0 Å². The number of hydrogen-bond donors (Lipinski definition) is 2. The summed E-state index contributed by atoms with van der Waals surface area (Å²) in [6, 6.07) is 20.6. The average molecular weight is 390 g/mol. The van der Waals surface area contributed by atoms with Gasteiger partial charge < -0.3 is 15.4 Å². The number of nitrogens with one attached hydrogen (secondary N) is 2. The number of esters is 1. The van der Waals surface area contributed by atoms with Crippen molar-refractivity contribution in [3.05, 3.63) is 72.3 Å². The summed E-state index contributed by atoms with van der Waals surface area (Å²) in [4.78, 5) is 35.8. The van der Waals surface area contributed by atoms with Gasteiger partial charge in [0.1, 0.15) is 0 Å². The maximum atomic E-state index is 12.1. The summed E-state index contributed by atoms with van der Waals surface area (Å²) in [6.07, 6.45) is -0.114. The smallest absolute Gasteiger partial charge is 0.306 e. The summed E-state index contributed by atoms with van der Waals surface area (Å²) in [7, 11) is 0. The number of benzene rings is 3. The number of carbonyl (C=O) groups excluding carboxylic acids is 3. The van der Waals surface area contributed by atoms with Crippen molar-refractivity contribution in [2.45, 2.75) is 19.8 Å². The van der Waals surface area contributed by atoms with Gasteiger partial charge in [0, 0.05) is 23.2 Å². The molecule has 3 aromatic rings. The number of fused-ring (bicyclic) bond motifs is 1. The second-order valence-electron chi connectivity index (χ2n) is 6.65. The lowest BCUT2D eigenvalue weighted by molar-refractivity contribution is -0.147. The van der Waals surface area contributed by atoms with Gasteiger partial charge in [0.25, 0.3) is 5.91 Å². The van der Waals surface area contributed by atoms with E-state index in [2.05, 4.69) is 10.6 Å². The Balaban J connectivity index is 1.42. The van der Waals surface area contributed by atoms with Gasteiger partial charge in [-0.2, -0.15) is 0 Å². The normalized spacial score (nSPS) is 10.4. The summed E-state index contributed by atoms with van der Waals surface area (Å²) in [6.45, 7) is 1.56. The Kier molecular flexibility index (Phi) is 6.58. The van der Waals surface area contributed by atoms with E-state index in [0.29, 0.717) is 11.4 Å². The SMILES string of the molecule is Cc1ccc(NC(=O)CCC(=O)OCC(=O)Nc2cccc3ccccc23)cc1. The van der Waals surface area contributed by atoms with Crippen LogP contribution in [0.15, 0.2) is 66.7 Å². The number of hydrogen-bond acceptors (Lipinski definition) is 4. The van der Waals surface area contributed by atoms with Gasteiger partial charge in [-0.25, -0.2) is 0 Å². The predicted molar refractivity (Wildman–Crippen MR) is 113 cm³/mol.